The number of rotatable bonds is 7. The first-order valence-electron chi connectivity index (χ1n) is 5.71. The van der Waals surface area contributed by atoms with Crippen molar-refractivity contribution >= 4 is 0 Å². The fourth-order valence-corrected chi connectivity index (χ4v) is 1.42. The van der Waals surface area contributed by atoms with E-state index in [1.54, 1.807) is 6.26 Å². The lowest BCUT2D eigenvalue weighted by Crippen LogP contribution is -2.36. The molecule has 0 radical (unpaired) electrons. The highest BCUT2D eigenvalue weighted by Crippen LogP contribution is 2.07. The molecule has 2 N–H and O–H groups in total. The largest absolute Gasteiger partial charge is 0.468 e. The normalized spacial score (nSPS) is 13.0. The Bertz CT molecular complexity index is 270. The average Bonchev–Trinajstić information content (AvgIpc) is 2.61. The van der Waals surface area contributed by atoms with E-state index in [1.807, 2.05) is 6.07 Å². The summed E-state index contributed by atoms with van der Waals surface area (Å²) in [5.41, 5.74) is 1.22. The Labute approximate surface area is 92.2 Å². The van der Waals surface area contributed by atoms with E-state index in [9.17, 15) is 0 Å². The molecule has 1 atom stereocenters. The Kier molecular flexibility index (Phi) is 5.43. The van der Waals surface area contributed by atoms with Crippen molar-refractivity contribution in [3.05, 3.63) is 23.7 Å². The van der Waals surface area contributed by atoms with E-state index in [4.69, 9.17) is 4.42 Å². The third-order valence-corrected chi connectivity index (χ3v) is 2.46. The fraction of sp³-hybridized carbons (Fsp3) is 0.667. The second kappa shape index (κ2) is 6.64. The Morgan fingerprint density at radius 2 is 2.27 bits per heavy atom. The lowest BCUT2D eigenvalue weighted by atomic mass is 10.2. The van der Waals surface area contributed by atoms with Gasteiger partial charge >= 0.3 is 0 Å². The van der Waals surface area contributed by atoms with Crippen molar-refractivity contribution in [1.29, 1.82) is 0 Å². The molecule has 0 aliphatic rings. The predicted octanol–water partition coefficient (Wildman–Crippen LogP) is 2.07. The molecule has 1 rings (SSSR count). The van der Waals surface area contributed by atoms with Gasteiger partial charge in [0, 0.05) is 12.6 Å². The van der Waals surface area contributed by atoms with Crippen LogP contribution in [0.3, 0.4) is 0 Å². The van der Waals surface area contributed by atoms with Crippen molar-refractivity contribution in [2.75, 3.05) is 13.1 Å². The first kappa shape index (κ1) is 12.3. The summed E-state index contributed by atoms with van der Waals surface area (Å²) in [5.74, 6) is 1.04. The summed E-state index contributed by atoms with van der Waals surface area (Å²) in [6.45, 7) is 9.34. The first-order valence-corrected chi connectivity index (χ1v) is 5.71. The van der Waals surface area contributed by atoms with Crippen LogP contribution in [-0.2, 0) is 6.54 Å². The van der Waals surface area contributed by atoms with Crippen LogP contribution in [0.4, 0.5) is 0 Å². The molecule has 0 saturated heterocycles. The zero-order valence-corrected chi connectivity index (χ0v) is 9.97. The molecule has 1 heterocycles. The first-order chi connectivity index (χ1) is 7.24. The van der Waals surface area contributed by atoms with Crippen molar-refractivity contribution in [2.45, 2.75) is 39.8 Å². The SMILES string of the molecule is CCCNCC(C)NCc1occc1C. The summed E-state index contributed by atoms with van der Waals surface area (Å²) < 4.78 is 5.36. The molecular weight excluding hydrogens is 188 g/mol. The van der Waals surface area contributed by atoms with E-state index in [-0.39, 0.29) is 0 Å². The van der Waals surface area contributed by atoms with Crippen molar-refractivity contribution in [3.8, 4) is 0 Å². The molecule has 86 valence electrons. The second-order valence-corrected chi connectivity index (χ2v) is 4.01. The van der Waals surface area contributed by atoms with E-state index in [1.165, 1.54) is 12.0 Å². The molecule has 3 heteroatoms. The Balaban J connectivity index is 2.16. The monoisotopic (exact) mass is 210 g/mol. The van der Waals surface area contributed by atoms with Gasteiger partial charge in [-0.1, -0.05) is 6.92 Å². The van der Waals surface area contributed by atoms with Gasteiger partial charge in [-0.25, -0.2) is 0 Å². The molecule has 3 nitrogen and oxygen atoms in total. The molecular formula is C12H22N2O. The molecule has 0 bridgehead atoms. The van der Waals surface area contributed by atoms with Gasteiger partial charge in [-0.05, 0) is 38.4 Å². The average molecular weight is 210 g/mol. The molecule has 1 aromatic heterocycles. The lowest BCUT2D eigenvalue weighted by Gasteiger charge is -2.13. The Hall–Kier alpha value is -0.800. The Morgan fingerprint density at radius 3 is 2.87 bits per heavy atom. The number of hydrogen-bond donors (Lipinski definition) is 2. The highest BCUT2D eigenvalue weighted by Gasteiger charge is 2.04. The number of nitrogens with one attached hydrogen (secondary N) is 2. The van der Waals surface area contributed by atoms with Gasteiger partial charge in [0.1, 0.15) is 5.76 Å². The zero-order chi connectivity index (χ0) is 11.1. The fourth-order valence-electron chi connectivity index (χ4n) is 1.42. The summed E-state index contributed by atoms with van der Waals surface area (Å²) in [6, 6.07) is 2.47. The minimum atomic E-state index is 0.473. The molecule has 0 aliphatic carbocycles. The lowest BCUT2D eigenvalue weighted by molar-refractivity contribution is 0.440. The maximum Gasteiger partial charge on any atom is 0.120 e. The van der Waals surface area contributed by atoms with Crippen LogP contribution in [0.1, 0.15) is 31.6 Å². The van der Waals surface area contributed by atoms with Crippen molar-refractivity contribution in [2.24, 2.45) is 0 Å². The van der Waals surface area contributed by atoms with E-state index < -0.39 is 0 Å². The summed E-state index contributed by atoms with van der Waals surface area (Å²) >= 11 is 0. The molecule has 0 aliphatic heterocycles. The molecule has 1 unspecified atom stereocenters. The maximum absolute atomic E-state index is 5.36. The van der Waals surface area contributed by atoms with Gasteiger partial charge in [-0.15, -0.1) is 0 Å². The van der Waals surface area contributed by atoms with Crippen LogP contribution in [0.2, 0.25) is 0 Å². The molecule has 0 fully saturated rings. The minimum Gasteiger partial charge on any atom is -0.468 e. The van der Waals surface area contributed by atoms with E-state index in [0.29, 0.717) is 6.04 Å². The Morgan fingerprint density at radius 1 is 1.47 bits per heavy atom. The summed E-state index contributed by atoms with van der Waals surface area (Å²) in [6.07, 6.45) is 2.93. The summed E-state index contributed by atoms with van der Waals surface area (Å²) in [4.78, 5) is 0. The molecule has 0 aromatic carbocycles. The molecule has 0 saturated carbocycles. The second-order valence-electron chi connectivity index (χ2n) is 4.01. The summed E-state index contributed by atoms with van der Waals surface area (Å²) in [7, 11) is 0. The smallest absolute Gasteiger partial charge is 0.120 e. The van der Waals surface area contributed by atoms with Gasteiger partial charge in [-0.3, -0.25) is 0 Å². The van der Waals surface area contributed by atoms with Crippen LogP contribution in [0, 0.1) is 6.92 Å². The topological polar surface area (TPSA) is 37.2 Å². The molecule has 15 heavy (non-hydrogen) atoms. The van der Waals surface area contributed by atoms with Gasteiger partial charge < -0.3 is 15.1 Å². The van der Waals surface area contributed by atoms with E-state index in [0.717, 1.165) is 25.4 Å². The van der Waals surface area contributed by atoms with Gasteiger partial charge in [0.05, 0.1) is 12.8 Å². The van der Waals surface area contributed by atoms with Crippen LogP contribution in [-0.4, -0.2) is 19.1 Å². The standard InChI is InChI=1S/C12H22N2O/c1-4-6-13-8-11(3)14-9-12-10(2)5-7-15-12/h5,7,11,13-14H,4,6,8-9H2,1-3H3. The number of aryl methyl sites for hydroxylation is 1. The van der Waals surface area contributed by atoms with Gasteiger partial charge in [0.25, 0.3) is 0 Å². The highest BCUT2D eigenvalue weighted by molar-refractivity contribution is 5.14. The minimum absolute atomic E-state index is 0.473. The third kappa shape index (κ3) is 4.49. The third-order valence-electron chi connectivity index (χ3n) is 2.46. The molecule has 0 spiro atoms. The van der Waals surface area contributed by atoms with Crippen LogP contribution in [0.15, 0.2) is 16.7 Å². The van der Waals surface area contributed by atoms with Gasteiger partial charge in [0.2, 0.25) is 0 Å². The van der Waals surface area contributed by atoms with E-state index >= 15 is 0 Å². The van der Waals surface area contributed by atoms with Gasteiger partial charge in [0.15, 0.2) is 0 Å². The van der Waals surface area contributed by atoms with Crippen LogP contribution < -0.4 is 10.6 Å². The predicted molar refractivity (Wildman–Crippen MR) is 62.9 cm³/mol. The molecule has 0 amide bonds. The summed E-state index contributed by atoms with van der Waals surface area (Å²) in [5, 5.41) is 6.81. The number of hydrogen-bond acceptors (Lipinski definition) is 3. The quantitative estimate of drug-likeness (QED) is 0.676. The maximum atomic E-state index is 5.36. The number of furan rings is 1. The van der Waals surface area contributed by atoms with Crippen molar-refractivity contribution < 1.29 is 4.42 Å². The van der Waals surface area contributed by atoms with Crippen LogP contribution in [0.5, 0.6) is 0 Å². The zero-order valence-electron chi connectivity index (χ0n) is 9.97. The van der Waals surface area contributed by atoms with Crippen molar-refractivity contribution in [3.63, 3.8) is 0 Å². The van der Waals surface area contributed by atoms with Crippen LogP contribution in [0.25, 0.3) is 0 Å². The highest BCUT2D eigenvalue weighted by atomic mass is 16.3. The van der Waals surface area contributed by atoms with E-state index in [2.05, 4.69) is 31.4 Å². The van der Waals surface area contributed by atoms with Crippen molar-refractivity contribution in [1.82, 2.24) is 10.6 Å². The molecule has 1 aromatic rings. The van der Waals surface area contributed by atoms with Crippen LogP contribution >= 0.6 is 0 Å². The van der Waals surface area contributed by atoms with Gasteiger partial charge in [-0.2, -0.15) is 0 Å².